The van der Waals surface area contributed by atoms with Gasteiger partial charge in [0.15, 0.2) is 0 Å². The second-order valence-corrected chi connectivity index (χ2v) is 9.28. The fraction of sp³-hybridized carbons (Fsp3) is 0.526. The lowest BCUT2D eigenvalue weighted by atomic mass is 10.0. The average molecular weight is 464 g/mol. The van der Waals surface area contributed by atoms with Crippen LogP contribution in [0, 0.1) is 0 Å². The first-order valence-corrected chi connectivity index (χ1v) is 10.6. The highest BCUT2D eigenvalue weighted by Crippen LogP contribution is 2.22. The molecule has 1 aliphatic rings. The molecule has 0 spiro atoms. The van der Waals surface area contributed by atoms with Crippen LogP contribution >= 0.6 is 22.9 Å². The molecule has 0 aliphatic carbocycles. The summed E-state index contributed by atoms with van der Waals surface area (Å²) in [5.74, 6) is -0.937. The molecule has 166 valence electrons. The quantitative estimate of drug-likeness (QED) is 0.695. The zero-order valence-electron chi connectivity index (χ0n) is 16.9. The smallest absolute Gasteiger partial charge is 0.408 e. The van der Waals surface area contributed by atoms with Gasteiger partial charge in [-0.25, -0.2) is 4.79 Å². The molecule has 7 nitrogen and oxygen atoms in total. The summed E-state index contributed by atoms with van der Waals surface area (Å²) in [6, 6.07) is 0.377. The maximum atomic E-state index is 12.9. The van der Waals surface area contributed by atoms with Crippen molar-refractivity contribution in [2.45, 2.75) is 45.3 Å². The molecule has 1 unspecified atom stereocenters. The number of carbonyl (C=O) groups excluding carboxylic acids is 3. The minimum atomic E-state index is -1.72. The number of likely N-dealkylation sites (tertiary alicyclic amines) is 1. The number of nitrogens with zero attached hydrogens (tertiary/aromatic N) is 1. The Morgan fingerprint density at radius 2 is 1.90 bits per heavy atom. The Hall–Kier alpha value is -2.20. The van der Waals surface area contributed by atoms with E-state index >= 15 is 0 Å². The van der Waals surface area contributed by atoms with Crippen LogP contribution in [0.1, 0.15) is 44.0 Å². The molecule has 0 aromatic carbocycles. The Morgan fingerprint density at radius 3 is 2.40 bits per heavy atom. The predicted octanol–water partition coefficient (Wildman–Crippen LogP) is 3.80. The Balaban J connectivity index is 2.06. The summed E-state index contributed by atoms with van der Waals surface area (Å²) in [5, 5.41) is 6.62. The number of amides is 3. The minimum absolute atomic E-state index is 0.0262. The number of halogens is 3. The Bertz CT molecular complexity index is 824. The molecule has 0 bridgehead atoms. The Morgan fingerprint density at radius 1 is 1.27 bits per heavy atom. The molecule has 0 saturated carbocycles. The average Bonchev–Trinajstić information content (AvgIpc) is 3.09. The van der Waals surface area contributed by atoms with E-state index in [9.17, 15) is 23.2 Å². The van der Waals surface area contributed by atoms with E-state index < -0.39 is 35.6 Å². The lowest BCUT2D eigenvalue weighted by Gasteiger charge is -2.32. The fourth-order valence-corrected chi connectivity index (χ4v) is 3.64. The molecule has 2 rings (SSSR count). The van der Waals surface area contributed by atoms with Crippen LogP contribution in [-0.2, 0) is 9.53 Å². The molecule has 1 fully saturated rings. The van der Waals surface area contributed by atoms with E-state index in [4.69, 9.17) is 16.3 Å². The van der Waals surface area contributed by atoms with E-state index in [2.05, 4.69) is 10.6 Å². The molecular formula is C19H24ClF2N3O4S. The molecule has 0 radical (unpaired) electrons. The maximum Gasteiger partial charge on any atom is 0.408 e. The van der Waals surface area contributed by atoms with Crippen molar-refractivity contribution in [1.29, 1.82) is 0 Å². The molecule has 1 saturated heterocycles. The van der Waals surface area contributed by atoms with Gasteiger partial charge >= 0.3 is 6.09 Å². The number of rotatable bonds is 5. The van der Waals surface area contributed by atoms with Gasteiger partial charge < -0.3 is 20.3 Å². The summed E-state index contributed by atoms with van der Waals surface area (Å²) < 4.78 is 31.1. The Kier molecular flexibility index (Phi) is 8.19. The van der Waals surface area contributed by atoms with Crippen LogP contribution in [-0.4, -0.2) is 54.1 Å². The van der Waals surface area contributed by atoms with Crippen molar-refractivity contribution in [3.63, 3.8) is 0 Å². The van der Waals surface area contributed by atoms with Crippen molar-refractivity contribution < 1.29 is 27.9 Å². The lowest BCUT2D eigenvalue weighted by molar-refractivity contribution is -0.133. The number of carbonyl (C=O) groups is 3. The summed E-state index contributed by atoms with van der Waals surface area (Å²) in [4.78, 5) is 38.8. The highest BCUT2D eigenvalue weighted by Gasteiger charge is 2.30. The van der Waals surface area contributed by atoms with Crippen molar-refractivity contribution >= 4 is 40.8 Å². The maximum absolute atomic E-state index is 12.9. The van der Waals surface area contributed by atoms with E-state index in [-0.39, 0.29) is 38.0 Å². The van der Waals surface area contributed by atoms with Gasteiger partial charge in [-0.2, -0.15) is 8.78 Å². The predicted molar refractivity (Wildman–Crippen MR) is 110 cm³/mol. The van der Waals surface area contributed by atoms with Crippen LogP contribution in [0.2, 0.25) is 4.34 Å². The van der Waals surface area contributed by atoms with E-state index in [1.54, 1.807) is 26.2 Å². The highest BCUT2D eigenvalue weighted by atomic mass is 35.5. The molecule has 30 heavy (non-hydrogen) atoms. The summed E-state index contributed by atoms with van der Waals surface area (Å²) in [5.41, 5.74) is -0.421. The molecule has 11 heteroatoms. The number of nitrogens with one attached hydrogen (secondary N) is 2. The first kappa shape index (κ1) is 24.1. The second kappa shape index (κ2) is 10.2. The molecule has 3 amide bonds. The van der Waals surface area contributed by atoms with Gasteiger partial charge in [-0.05, 0) is 45.3 Å². The van der Waals surface area contributed by atoms with E-state index in [0.29, 0.717) is 9.90 Å². The molecule has 1 aromatic heterocycles. The number of piperidine rings is 1. The monoisotopic (exact) mass is 463 g/mol. The van der Waals surface area contributed by atoms with Crippen LogP contribution in [0.15, 0.2) is 23.1 Å². The minimum Gasteiger partial charge on any atom is -0.444 e. The number of alkyl carbamates (subject to hydrolysis) is 1. The van der Waals surface area contributed by atoms with Crippen LogP contribution in [0.25, 0.3) is 0 Å². The largest absolute Gasteiger partial charge is 0.444 e. The third-order valence-electron chi connectivity index (χ3n) is 4.23. The van der Waals surface area contributed by atoms with Crippen molar-refractivity contribution in [2.24, 2.45) is 0 Å². The van der Waals surface area contributed by atoms with Gasteiger partial charge in [-0.1, -0.05) is 11.6 Å². The van der Waals surface area contributed by atoms with Crippen molar-refractivity contribution in [3.8, 4) is 0 Å². The third kappa shape index (κ3) is 7.24. The molecular weight excluding hydrogens is 440 g/mol. The topological polar surface area (TPSA) is 87.7 Å². The summed E-state index contributed by atoms with van der Waals surface area (Å²) in [6.45, 7) is 5.04. The molecule has 1 atom stereocenters. The Labute approximate surface area is 182 Å². The van der Waals surface area contributed by atoms with E-state index in [1.165, 1.54) is 22.3 Å². The SMILES string of the molecule is CC(C)(C)OC(=O)NC(CNC(=O)c1csc(Cl)c1)C(=O)N1CCC(=C(F)F)CC1. The van der Waals surface area contributed by atoms with Crippen LogP contribution < -0.4 is 10.6 Å². The van der Waals surface area contributed by atoms with Gasteiger partial charge in [0.05, 0.1) is 9.90 Å². The summed E-state index contributed by atoms with van der Waals surface area (Å²) >= 11 is 7.02. The van der Waals surface area contributed by atoms with E-state index in [0.717, 1.165) is 0 Å². The second-order valence-electron chi connectivity index (χ2n) is 7.74. The highest BCUT2D eigenvalue weighted by molar-refractivity contribution is 7.14. The number of ether oxygens (including phenoxy) is 1. The van der Waals surface area contributed by atoms with Gasteiger partial charge in [0.25, 0.3) is 12.0 Å². The van der Waals surface area contributed by atoms with Crippen LogP contribution in [0.3, 0.4) is 0 Å². The first-order chi connectivity index (χ1) is 14.0. The van der Waals surface area contributed by atoms with Crippen molar-refractivity contribution in [1.82, 2.24) is 15.5 Å². The van der Waals surface area contributed by atoms with Gasteiger partial charge in [-0.15, -0.1) is 11.3 Å². The fourth-order valence-electron chi connectivity index (χ4n) is 2.78. The number of thiophene rings is 1. The standard InChI is InChI=1S/C19H24ClF2N3O4S/c1-19(2,3)29-18(28)24-13(9-23-16(26)12-8-14(20)30-10-12)17(27)25-6-4-11(5-7-25)15(21)22/h8,10,13H,4-7,9H2,1-3H3,(H,23,26)(H,24,28). The van der Waals surface area contributed by atoms with Gasteiger partial charge in [-0.3, -0.25) is 9.59 Å². The van der Waals surface area contributed by atoms with Gasteiger partial charge in [0.1, 0.15) is 11.6 Å². The van der Waals surface area contributed by atoms with Gasteiger partial charge in [0, 0.05) is 25.0 Å². The number of hydrogen-bond acceptors (Lipinski definition) is 5. The van der Waals surface area contributed by atoms with Gasteiger partial charge in [0.2, 0.25) is 5.91 Å². The molecule has 2 N–H and O–H groups in total. The summed E-state index contributed by atoms with van der Waals surface area (Å²) in [6.07, 6.45) is -2.41. The number of hydrogen-bond donors (Lipinski definition) is 2. The van der Waals surface area contributed by atoms with Crippen molar-refractivity contribution in [3.05, 3.63) is 33.0 Å². The molecule has 1 aliphatic heterocycles. The van der Waals surface area contributed by atoms with Crippen LogP contribution in [0.4, 0.5) is 13.6 Å². The van der Waals surface area contributed by atoms with Crippen LogP contribution in [0.5, 0.6) is 0 Å². The summed E-state index contributed by atoms with van der Waals surface area (Å²) in [7, 11) is 0. The lowest BCUT2D eigenvalue weighted by Crippen LogP contribution is -2.55. The zero-order chi connectivity index (χ0) is 22.5. The molecule has 1 aromatic rings. The van der Waals surface area contributed by atoms with Crippen molar-refractivity contribution in [2.75, 3.05) is 19.6 Å². The molecule has 2 heterocycles. The normalized spacial score (nSPS) is 15.4. The zero-order valence-corrected chi connectivity index (χ0v) is 18.5. The third-order valence-corrected chi connectivity index (χ3v) is 5.32. The first-order valence-electron chi connectivity index (χ1n) is 9.30. The van der Waals surface area contributed by atoms with E-state index in [1.807, 2.05) is 0 Å².